The molecule has 0 bridgehead atoms. The van der Waals surface area contributed by atoms with E-state index in [1.165, 1.54) is 16.9 Å². The molecule has 0 spiro atoms. The lowest BCUT2D eigenvalue weighted by Gasteiger charge is -2.07. The SMILES string of the molecule is Cc1ccc(-c2csc(=Nc3c(C)n(C)n(-c4ccccc4)c3=O)n2N=Cc2ccc[nH]2)cc1. The quantitative estimate of drug-likeness (QED) is 0.371. The van der Waals surface area contributed by atoms with Crippen LogP contribution in [0.1, 0.15) is 17.0 Å². The Balaban J connectivity index is 1.69. The Kier molecular flexibility index (Phi) is 5.73. The number of aromatic nitrogens is 4. The molecule has 2 aromatic carbocycles. The Bertz CT molecular complexity index is 1580. The zero-order valence-corrected chi connectivity index (χ0v) is 20.0. The third-order valence-electron chi connectivity index (χ3n) is 5.70. The van der Waals surface area contributed by atoms with Crippen LogP contribution in [0.4, 0.5) is 5.69 Å². The van der Waals surface area contributed by atoms with Gasteiger partial charge < -0.3 is 4.98 Å². The van der Waals surface area contributed by atoms with Crippen LogP contribution in [0.15, 0.2) is 93.2 Å². The van der Waals surface area contributed by atoms with Gasteiger partial charge >= 0.3 is 0 Å². The fraction of sp³-hybridized carbons (Fsp3) is 0.115. The Morgan fingerprint density at radius 2 is 1.74 bits per heavy atom. The van der Waals surface area contributed by atoms with Crippen molar-refractivity contribution >= 4 is 23.2 Å². The summed E-state index contributed by atoms with van der Waals surface area (Å²) in [7, 11) is 1.87. The second-order valence-electron chi connectivity index (χ2n) is 7.97. The van der Waals surface area contributed by atoms with Crippen molar-refractivity contribution in [1.29, 1.82) is 0 Å². The predicted molar refractivity (Wildman–Crippen MR) is 137 cm³/mol. The molecule has 7 nitrogen and oxygen atoms in total. The Morgan fingerprint density at radius 1 is 0.971 bits per heavy atom. The summed E-state index contributed by atoms with van der Waals surface area (Å²) in [6, 6.07) is 21.7. The molecule has 0 fully saturated rings. The number of nitrogens with zero attached hydrogens (tertiary/aromatic N) is 5. The van der Waals surface area contributed by atoms with E-state index in [0.29, 0.717) is 10.5 Å². The van der Waals surface area contributed by atoms with Crippen molar-refractivity contribution in [2.75, 3.05) is 0 Å². The molecule has 3 heterocycles. The van der Waals surface area contributed by atoms with Gasteiger partial charge in [-0.2, -0.15) is 5.10 Å². The number of aromatic amines is 1. The Hall–Kier alpha value is -4.17. The van der Waals surface area contributed by atoms with Gasteiger partial charge in [-0.3, -0.25) is 9.48 Å². The van der Waals surface area contributed by atoms with E-state index < -0.39 is 0 Å². The van der Waals surface area contributed by atoms with E-state index in [1.807, 2.05) is 72.7 Å². The first-order valence-corrected chi connectivity index (χ1v) is 11.7. The van der Waals surface area contributed by atoms with Crippen molar-refractivity contribution in [2.24, 2.45) is 17.1 Å². The lowest BCUT2D eigenvalue weighted by molar-refractivity contribution is 0.630. The van der Waals surface area contributed by atoms with Gasteiger partial charge in [0.05, 0.1) is 29.0 Å². The number of nitrogens with one attached hydrogen (secondary N) is 1. The molecule has 0 aliphatic heterocycles. The van der Waals surface area contributed by atoms with Crippen LogP contribution in [0, 0.1) is 13.8 Å². The number of para-hydroxylation sites is 1. The number of rotatable bonds is 5. The van der Waals surface area contributed by atoms with Crippen molar-refractivity contribution in [2.45, 2.75) is 13.8 Å². The smallest absolute Gasteiger partial charge is 0.297 e. The minimum absolute atomic E-state index is 0.170. The highest BCUT2D eigenvalue weighted by Crippen LogP contribution is 2.22. The van der Waals surface area contributed by atoms with Crippen LogP contribution < -0.4 is 10.4 Å². The summed E-state index contributed by atoms with van der Waals surface area (Å²) in [6.07, 6.45) is 3.61. The average molecular weight is 469 g/mol. The molecule has 34 heavy (non-hydrogen) atoms. The third kappa shape index (κ3) is 3.99. The molecular formula is C26H24N6OS. The molecule has 0 unspecified atom stereocenters. The molecule has 170 valence electrons. The highest BCUT2D eigenvalue weighted by atomic mass is 32.1. The summed E-state index contributed by atoms with van der Waals surface area (Å²) in [6.45, 7) is 3.96. The fourth-order valence-electron chi connectivity index (χ4n) is 3.73. The third-order valence-corrected chi connectivity index (χ3v) is 6.51. The zero-order chi connectivity index (χ0) is 23.7. The molecule has 1 N–H and O–H groups in total. The van der Waals surface area contributed by atoms with Crippen LogP contribution in [0.5, 0.6) is 0 Å². The van der Waals surface area contributed by atoms with E-state index in [0.717, 1.165) is 28.3 Å². The summed E-state index contributed by atoms with van der Waals surface area (Å²) in [5.74, 6) is 0. The normalized spacial score (nSPS) is 12.1. The topological polar surface area (TPSA) is 72.4 Å². The first-order chi connectivity index (χ1) is 16.5. The minimum atomic E-state index is -0.170. The predicted octanol–water partition coefficient (Wildman–Crippen LogP) is 4.77. The monoisotopic (exact) mass is 468 g/mol. The van der Waals surface area contributed by atoms with Crippen LogP contribution in [0.3, 0.4) is 0 Å². The van der Waals surface area contributed by atoms with Crippen molar-refractivity contribution in [3.63, 3.8) is 0 Å². The molecule has 5 aromatic rings. The first kappa shape index (κ1) is 21.7. The maximum absolute atomic E-state index is 13.4. The second kappa shape index (κ2) is 8.99. The van der Waals surface area contributed by atoms with E-state index in [9.17, 15) is 4.79 Å². The Morgan fingerprint density at radius 3 is 2.44 bits per heavy atom. The largest absolute Gasteiger partial charge is 0.360 e. The van der Waals surface area contributed by atoms with E-state index in [1.54, 1.807) is 15.6 Å². The van der Waals surface area contributed by atoms with E-state index >= 15 is 0 Å². The minimum Gasteiger partial charge on any atom is -0.360 e. The summed E-state index contributed by atoms with van der Waals surface area (Å²) < 4.78 is 5.25. The molecule has 0 aliphatic rings. The van der Waals surface area contributed by atoms with E-state index in [2.05, 4.69) is 36.2 Å². The van der Waals surface area contributed by atoms with E-state index in [-0.39, 0.29) is 5.56 Å². The molecule has 0 atom stereocenters. The van der Waals surface area contributed by atoms with Crippen LogP contribution in [-0.4, -0.2) is 25.2 Å². The van der Waals surface area contributed by atoms with Crippen LogP contribution in [-0.2, 0) is 7.05 Å². The number of hydrogen-bond acceptors (Lipinski definition) is 4. The van der Waals surface area contributed by atoms with Crippen molar-refractivity contribution in [3.8, 4) is 16.9 Å². The summed E-state index contributed by atoms with van der Waals surface area (Å²) in [4.78, 5) is 22.0. The van der Waals surface area contributed by atoms with Gasteiger partial charge in [0, 0.05) is 24.2 Å². The molecular weight excluding hydrogens is 444 g/mol. The first-order valence-electron chi connectivity index (χ1n) is 10.9. The molecule has 8 heteroatoms. The van der Waals surface area contributed by atoms with Gasteiger partial charge in [-0.05, 0) is 38.1 Å². The maximum Gasteiger partial charge on any atom is 0.297 e. The summed E-state index contributed by atoms with van der Waals surface area (Å²) >= 11 is 1.45. The zero-order valence-electron chi connectivity index (χ0n) is 19.1. The van der Waals surface area contributed by atoms with Crippen molar-refractivity contribution in [3.05, 3.63) is 110 Å². The van der Waals surface area contributed by atoms with Crippen molar-refractivity contribution in [1.82, 2.24) is 19.0 Å². The van der Waals surface area contributed by atoms with Gasteiger partial charge in [0.25, 0.3) is 5.56 Å². The van der Waals surface area contributed by atoms with Gasteiger partial charge in [-0.25, -0.2) is 14.4 Å². The maximum atomic E-state index is 13.4. The average Bonchev–Trinajstić information content (AvgIpc) is 3.56. The molecule has 3 aromatic heterocycles. The standard InChI is InChI=1S/C26H24N6OS/c1-18-11-13-20(14-12-18)23-17-34-26(31(23)28-16-21-8-7-15-27-21)29-24-19(2)30(3)32(25(24)33)22-9-5-4-6-10-22/h4-17,27H,1-3H3. The van der Waals surface area contributed by atoms with Gasteiger partial charge in [-0.15, -0.1) is 11.3 Å². The van der Waals surface area contributed by atoms with Crippen LogP contribution in [0.2, 0.25) is 0 Å². The molecule has 0 amide bonds. The molecule has 0 saturated carbocycles. The number of aryl methyl sites for hydroxylation is 1. The van der Waals surface area contributed by atoms with Crippen LogP contribution in [0.25, 0.3) is 16.9 Å². The molecule has 0 aliphatic carbocycles. The van der Waals surface area contributed by atoms with Crippen LogP contribution >= 0.6 is 11.3 Å². The second-order valence-corrected chi connectivity index (χ2v) is 8.81. The van der Waals surface area contributed by atoms with Gasteiger partial charge in [0.2, 0.25) is 4.80 Å². The van der Waals surface area contributed by atoms with Gasteiger partial charge in [0.1, 0.15) is 0 Å². The number of thiazole rings is 1. The van der Waals surface area contributed by atoms with Gasteiger partial charge in [-0.1, -0.05) is 48.0 Å². The fourth-order valence-corrected chi connectivity index (χ4v) is 4.58. The highest BCUT2D eigenvalue weighted by Gasteiger charge is 2.16. The molecule has 5 rings (SSSR count). The van der Waals surface area contributed by atoms with Crippen molar-refractivity contribution < 1.29 is 0 Å². The summed E-state index contributed by atoms with van der Waals surface area (Å²) in [5.41, 5.74) is 5.79. The van der Waals surface area contributed by atoms with E-state index in [4.69, 9.17) is 10.1 Å². The lowest BCUT2D eigenvalue weighted by atomic mass is 10.1. The molecule has 0 saturated heterocycles. The number of benzene rings is 2. The highest BCUT2D eigenvalue weighted by molar-refractivity contribution is 7.07. The summed E-state index contributed by atoms with van der Waals surface area (Å²) in [5, 5.41) is 6.73. The Labute approximate surface area is 200 Å². The molecule has 0 radical (unpaired) electrons. The number of hydrogen-bond donors (Lipinski definition) is 1. The number of H-pyrrole nitrogens is 1. The van der Waals surface area contributed by atoms with Gasteiger partial charge in [0.15, 0.2) is 5.69 Å². The lowest BCUT2D eigenvalue weighted by Crippen LogP contribution is -2.19.